The van der Waals surface area contributed by atoms with Crippen LogP contribution in [0.2, 0.25) is 0 Å². The van der Waals surface area contributed by atoms with Gasteiger partial charge in [-0.1, -0.05) is 0 Å². The van der Waals surface area contributed by atoms with Gasteiger partial charge in [-0.25, -0.2) is 0 Å². The van der Waals surface area contributed by atoms with Gasteiger partial charge in [0.05, 0.1) is 11.4 Å². The van der Waals surface area contributed by atoms with Crippen LogP contribution in [0, 0.1) is 0 Å². The van der Waals surface area contributed by atoms with Gasteiger partial charge in [-0.15, -0.1) is 0 Å². The van der Waals surface area contributed by atoms with E-state index in [1.807, 2.05) is 43.4 Å². The van der Waals surface area contributed by atoms with E-state index in [4.69, 9.17) is 5.73 Å². The van der Waals surface area contributed by atoms with Gasteiger partial charge in [0.25, 0.3) is 0 Å². The third-order valence-electron chi connectivity index (χ3n) is 2.33. The summed E-state index contributed by atoms with van der Waals surface area (Å²) in [5, 5.41) is 11.3. The van der Waals surface area contributed by atoms with E-state index in [0.29, 0.717) is 0 Å². The molecule has 0 unspecified atom stereocenters. The Morgan fingerprint density at radius 3 is 1.76 bits per heavy atom. The SMILES string of the molecule is CNc1ccc(N=Nc2ccc(N)cc2)cc1. The monoisotopic (exact) mass is 226 g/mol. The lowest BCUT2D eigenvalue weighted by molar-refractivity contribution is 1.23. The van der Waals surface area contributed by atoms with Crippen molar-refractivity contribution in [3.05, 3.63) is 48.5 Å². The molecule has 2 aromatic carbocycles. The number of rotatable bonds is 3. The number of hydrogen-bond donors (Lipinski definition) is 2. The highest BCUT2D eigenvalue weighted by molar-refractivity contribution is 5.51. The van der Waals surface area contributed by atoms with Crippen molar-refractivity contribution in [3.63, 3.8) is 0 Å². The molecule has 0 saturated carbocycles. The zero-order valence-corrected chi connectivity index (χ0v) is 9.59. The quantitative estimate of drug-likeness (QED) is 0.618. The maximum Gasteiger partial charge on any atom is 0.0858 e. The summed E-state index contributed by atoms with van der Waals surface area (Å²) in [4.78, 5) is 0. The first-order valence-corrected chi connectivity index (χ1v) is 5.33. The van der Waals surface area contributed by atoms with E-state index in [9.17, 15) is 0 Å². The summed E-state index contributed by atoms with van der Waals surface area (Å²) in [6.07, 6.45) is 0. The summed E-state index contributed by atoms with van der Waals surface area (Å²) in [6.45, 7) is 0. The van der Waals surface area contributed by atoms with Crippen LogP contribution in [-0.2, 0) is 0 Å². The Hall–Kier alpha value is -2.36. The maximum absolute atomic E-state index is 5.59. The molecule has 0 aliphatic carbocycles. The topological polar surface area (TPSA) is 62.8 Å². The fourth-order valence-corrected chi connectivity index (χ4v) is 1.35. The van der Waals surface area contributed by atoms with Crippen molar-refractivity contribution in [3.8, 4) is 0 Å². The van der Waals surface area contributed by atoms with Crippen molar-refractivity contribution in [1.29, 1.82) is 0 Å². The number of anilines is 2. The first-order valence-electron chi connectivity index (χ1n) is 5.33. The van der Waals surface area contributed by atoms with E-state index in [2.05, 4.69) is 15.5 Å². The maximum atomic E-state index is 5.59. The largest absolute Gasteiger partial charge is 0.399 e. The minimum atomic E-state index is 0.724. The minimum absolute atomic E-state index is 0.724. The van der Waals surface area contributed by atoms with Gasteiger partial charge in [-0.05, 0) is 48.5 Å². The van der Waals surface area contributed by atoms with Crippen molar-refractivity contribution in [2.45, 2.75) is 0 Å². The number of hydrogen-bond acceptors (Lipinski definition) is 4. The second-order valence-electron chi connectivity index (χ2n) is 3.59. The van der Waals surface area contributed by atoms with Crippen LogP contribution in [0.4, 0.5) is 22.7 Å². The fraction of sp³-hybridized carbons (Fsp3) is 0.0769. The molecule has 0 atom stereocenters. The third kappa shape index (κ3) is 3.04. The number of nitrogens with zero attached hydrogens (tertiary/aromatic N) is 2. The van der Waals surface area contributed by atoms with Crippen LogP contribution in [0.1, 0.15) is 0 Å². The van der Waals surface area contributed by atoms with Gasteiger partial charge in [0.2, 0.25) is 0 Å². The smallest absolute Gasteiger partial charge is 0.0858 e. The molecular formula is C13H14N4. The third-order valence-corrected chi connectivity index (χ3v) is 2.33. The van der Waals surface area contributed by atoms with Gasteiger partial charge in [-0.3, -0.25) is 0 Å². The summed E-state index contributed by atoms with van der Waals surface area (Å²) in [5.74, 6) is 0. The second kappa shape index (κ2) is 5.12. The molecule has 0 bridgehead atoms. The molecule has 86 valence electrons. The van der Waals surface area contributed by atoms with E-state index < -0.39 is 0 Å². The number of nitrogens with two attached hydrogens (primary N) is 1. The highest BCUT2D eigenvalue weighted by atomic mass is 15.1. The Morgan fingerprint density at radius 1 is 0.824 bits per heavy atom. The van der Waals surface area contributed by atoms with Gasteiger partial charge in [0.15, 0.2) is 0 Å². The number of azo groups is 1. The molecule has 0 heterocycles. The highest BCUT2D eigenvalue weighted by Crippen LogP contribution is 2.20. The summed E-state index contributed by atoms with van der Waals surface area (Å²) in [6, 6.07) is 15.0. The predicted molar refractivity (Wildman–Crippen MR) is 71.0 cm³/mol. The van der Waals surface area contributed by atoms with Crippen LogP contribution in [0.15, 0.2) is 58.8 Å². The lowest BCUT2D eigenvalue weighted by atomic mass is 10.3. The van der Waals surface area contributed by atoms with Crippen molar-refractivity contribution in [2.75, 3.05) is 18.1 Å². The Balaban J connectivity index is 2.11. The molecule has 0 aromatic heterocycles. The summed E-state index contributed by atoms with van der Waals surface area (Å²) >= 11 is 0. The summed E-state index contributed by atoms with van der Waals surface area (Å²) < 4.78 is 0. The normalized spacial score (nSPS) is 10.6. The van der Waals surface area contributed by atoms with Crippen LogP contribution in [0.3, 0.4) is 0 Å². The molecule has 0 spiro atoms. The van der Waals surface area contributed by atoms with E-state index in [1.54, 1.807) is 12.1 Å². The Morgan fingerprint density at radius 2 is 1.29 bits per heavy atom. The second-order valence-corrected chi connectivity index (χ2v) is 3.59. The molecule has 0 amide bonds. The lowest BCUT2D eigenvalue weighted by Gasteiger charge is -1.98. The first-order chi connectivity index (χ1) is 8.28. The predicted octanol–water partition coefficient (Wildman–Crippen LogP) is 3.73. The van der Waals surface area contributed by atoms with Gasteiger partial charge in [-0.2, -0.15) is 10.2 Å². The number of benzene rings is 2. The average molecular weight is 226 g/mol. The summed E-state index contributed by atoms with van der Waals surface area (Å²) in [7, 11) is 1.88. The molecule has 2 rings (SSSR count). The minimum Gasteiger partial charge on any atom is -0.399 e. The summed E-state index contributed by atoms with van der Waals surface area (Å²) in [5.41, 5.74) is 8.97. The van der Waals surface area contributed by atoms with Gasteiger partial charge >= 0.3 is 0 Å². The van der Waals surface area contributed by atoms with Gasteiger partial charge in [0.1, 0.15) is 0 Å². The van der Waals surface area contributed by atoms with Crippen LogP contribution in [-0.4, -0.2) is 7.05 Å². The Labute approximate surface area is 100 Å². The van der Waals surface area contributed by atoms with Crippen molar-refractivity contribution in [1.82, 2.24) is 0 Å². The average Bonchev–Trinajstić information content (AvgIpc) is 2.39. The molecule has 4 nitrogen and oxygen atoms in total. The molecule has 0 fully saturated rings. The van der Waals surface area contributed by atoms with E-state index in [-0.39, 0.29) is 0 Å². The van der Waals surface area contributed by atoms with Crippen LogP contribution in [0.25, 0.3) is 0 Å². The first kappa shape index (κ1) is 11.1. The molecule has 0 aliphatic rings. The van der Waals surface area contributed by atoms with E-state index >= 15 is 0 Å². The fourth-order valence-electron chi connectivity index (χ4n) is 1.35. The molecule has 0 aliphatic heterocycles. The molecule has 0 saturated heterocycles. The van der Waals surface area contributed by atoms with Gasteiger partial charge in [0, 0.05) is 18.4 Å². The number of nitrogens with one attached hydrogen (secondary N) is 1. The van der Waals surface area contributed by atoms with Crippen LogP contribution >= 0.6 is 0 Å². The standard InChI is InChI=1S/C13H14N4/c1-15-11-6-8-13(9-7-11)17-16-12-4-2-10(14)3-5-12/h2-9,15H,14H2,1H3. The highest BCUT2D eigenvalue weighted by Gasteiger charge is 1.92. The Kier molecular flexibility index (Phi) is 3.35. The molecular weight excluding hydrogens is 212 g/mol. The molecule has 4 heteroatoms. The van der Waals surface area contributed by atoms with Crippen molar-refractivity contribution < 1.29 is 0 Å². The van der Waals surface area contributed by atoms with Crippen LogP contribution in [0.5, 0.6) is 0 Å². The molecule has 17 heavy (non-hydrogen) atoms. The Bertz CT molecular complexity index is 500. The van der Waals surface area contributed by atoms with Crippen molar-refractivity contribution in [2.24, 2.45) is 10.2 Å². The van der Waals surface area contributed by atoms with Crippen molar-refractivity contribution >= 4 is 22.7 Å². The van der Waals surface area contributed by atoms with Crippen LogP contribution < -0.4 is 11.1 Å². The van der Waals surface area contributed by atoms with E-state index in [1.165, 1.54) is 0 Å². The molecule has 2 aromatic rings. The zero-order chi connectivity index (χ0) is 12.1. The zero-order valence-electron chi connectivity index (χ0n) is 9.59. The van der Waals surface area contributed by atoms with E-state index in [0.717, 1.165) is 22.7 Å². The van der Waals surface area contributed by atoms with Gasteiger partial charge < -0.3 is 11.1 Å². The lowest BCUT2D eigenvalue weighted by Crippen LogP contribution is -1.85. The molecule has 0 radical (unpaired) electrons. The number of nitrogen functional groups attached to an aromatic ring is 1. The molecule has 3 N–H and O–H groups in total.